The molecular formula is C28H32N4O6. The van der Waals surface area contributed by atoms with Crippen LogP contribution in [0.1, 0.15) is 30.5 Å². The van der Waals surface area contributed by atoms with Crippen molar-refractivity contribution in [3.8, 4) is 11.5 Å². The van der Waals surface area contributed by atoms with E-state index in [-0.39, 0.29) is 6.42 Å². The molecule has 0 bridgehead atoms. The zero-order valence-corrected chi connectivity index (χ0v) is 22.0. The van der Waals surface area contributed by atoms with Crippen molar-refractivity contribution in [1.82, 2.24) is 9.78 Å². The number of nitrogens with one attached hydrogen (secondary N) is 2. The Kier molecular flexibility index (Phi) is 7.54. The Labute approximate surface area is 220 Å². The second-order valence-electron chi connectivity index (χ2n) is 9.67. The summed E-state index contributed by atoms with van der Waals surface area (Å²) in [4.78, 5) is 41.1. The Morgan fingerprint density at radius 1 is 1.00 bits per heavy atom. The van der Waals surface area contributed by atoms with Crippen LogP contribution in [-0.2, 0) is 21.4 Å². The third-order valence-electron chi connectivity index (χ3n) is 7.19. The van der Waals surface area contributed by atoms with Gasteiger partial charge in [0.1, 0.15) is 23.2 Å². The molecule has 0 saturated heterocycles. The minimum atomic E-state index is -1.74. The average molecular weight is 521 g/mol. The van der Waals surface area contributed by atoms with Crippen LogP contribution in [0.15, 0.2) is 54.7 Å². The molecule has 1 aromatic heterocycles. The number of carbonyl (C=O) groups is 3. The molecule has 2 amide bonds. The van der Waals surface area contributed by atoms with Crippen LogP contribution in [0, 0.1) is 18.8 Å². The van der Waals surface area contributed by atoms with E-state index in [1.165, 1.54) is 21.1 Å². The number of Topliss-reactive ketones (excluding diaryl/α,β-unsaturated/α-hetero) is 1. The van der Waals surface area contributed by atoms with Crippen LogP contribution in [0.4, 0.5) is 11.4 Å². The molecule has 0 radical (unpaired) electrons. The van der Waals surface area contributed by atoms with Gasteiger partial charge in [-0.3, -0.25) is 19.1 Å². The molecule has 4 atom stereocenters. The molecule has 38 heavy (non-hydrogen) atoms. The second-order valence-corrected chi connectivity index (χ2v) is 9.67. The Morgan fingerprint density at radius 2 is 1.53 bits per heavy atom. The first kappa shape index (κ1) is 26.9. The standard InChI is InChI=1S/C28H32N4O6/c1-16-17(15-29-32(16)3)23-24(26(34)30-18-10-6-8-12-21(18)37-4)20(33)14-28(2,36)25(23)27(35)31-19-11-7-9-13-22(19)38-5/h6-13,15,23-25,36H,14H2,1-5H3,(H,30,34)(H,31,35)/t23-,24-,25+,28+/m1/s1. The van der Waals surface area contributed by atoms with Gasteiger partial charge >= 0.3 is 0 Å². The molecule has 200 valence electrons. The Hall–Kier alpha value is -4.18. The van der Waals surface area contributed by atoms with E-state index in [1.807, 2.05) is 0 Å². The minimum absolute atomic E-state index is 0.378. The van der Waals surface area contributed by atoms with Crippen molar-refractivity contribution in [1.29, 1.82) is 0 Å². The highest BCUT2D eigenvalue weighted by atomic mass is 16.5. The van der Waals surface area contributed by atoms with Crippen LogP contribution >= 0.6 is 0 Å². The monoisotopic (exact) mass is 520 g/mol. The number of nitrogens with zero attached hydrogens (tertiary/aromatic N) is 2. The largest absolute Gasteiger partial charge is 0.495 e. The molecule has 10 heteroatoms. The molecule has 1 aliphatic carbocycles. The van der Waals surface area contributed by atoms with Crippen molar-refractivity contribution in [2.75, 3.05) is 24.9 Å². The van der Waals surface area contributed by atoms with Crippen molar-refractivity contribution < 1.29 is 29.0 Å². The number of hydrogen-bond donors (Lipinski definition) is 3. The summed E-state index contributed by atoms with van der Waals surface area (Å²) in [5.41, 5.74) is 0.259. The fourth-order valence-corrected chi connectivity index (χ4v) is 5.23. The third kappa shape index (κ3) is 4.99. The minimum Gasteiger partial charge on any atom is -0.495 e. The zero-order chi connectivity index (χ0) is 27.6. The first-order valence-corrected chi connectivity index (χ1v) is 12.2. The van der Waals surface area contributed by atoms with Crippen LogP contribution in [0.3, 0.4) is 0 Å². The van der Waals surface area contributed by atoms with Crippen molar-refractivity contribution in [2.45, 2.75) is 31.8 Å². The van der Waals surface area contributed by atoms with E-state index < -0.39 is 41.0 Å². The molecular weight excluding hydrogens is 488 g/mol. The quantitative estimate of drug-likeness (QED) is 0.408. The number of aromatic nitrogens is 2. The number of ether oxygens (including phenoxy) is 2. The molecule has 1 aliphatic rings. The Bertz CT molecular complexity index is 1360. The normalized spacial score (nSPS) is 23.0. The first-order chi connectivity index (χ1) is 18.1. The van der Waals surface area contributed by atoms with E-state index in [4.69, 9.17) is 9.47 Å². The molecule has 2 aromatic carbocycles. The van der Waals surface area contributed by atoms with Gasteiger partial charge in [-0.15, -0.1) is 0 Å². The molecule has 0 spiro atoms. The number of carbonyl (C=O) groups excluding carboxylic acids is 3. The van der Waals surface area contributed by atoms with E-state index in [9.17, 15) is 19.5 Å². The van der Waals surface area contributed by atoms with Crippen LogP contribution < -0.4 is 20.1 Å². The summed E-state index contributed by atoms with van der Waals surface area (Å²) in [6.07, 6.45) is 1.16. The summed E-state index contributed by atoms with van der Waals surface area (Å²) in [7, 11) is 4.70. The predicted molar refractivity (Wildman–Crippen MR) is 141 cm³/mol. The highest BCUT2D eigenvalue weighted by Crippen LogP contribution is 2.47. The highest BCUT2D eigenvalue weighted by Gasteiger charge is 2.56. The van der Waals surface area contributed by atoms with Gasteiger partial charge in [-0.1, -0.05) is 24.3 Å². The van der Waals surface area contributed by atoms with Gasteiger partial charge < -0.3 is 25.2 Å². The molecule has 1 saturated carbocycles. The summed E-state index contributed by atoms with van der Waals surface area (Å²) in [6, 6.07) is 13.7. The van der Waals surface area contributed by atoms with Crippen molar-refractivity contribution in [3.05, 3.63) is 66.0 Å². The first-order valence-electron chi connectivity index (χ1n) is 12.2. The number of methoxy groups -OCH3 is 2. The van der Waals surface area contributed by atoms with Gasteiger partial charge in [-0.05, 0) is 43.7 Å². The molecule has 3 aromatic rings. The lowest BCUT2D eigenvalue weighted by molar-refractivity contribution is -0.150. The SMILES string of the molecule is COc1ccccc1NC(=O)[C@@H]1C(=O)C[C@](C)(O)[C@H](C(=O)Nc2ccccc2OC)[C@@H]1c1cnn(C)c1C. The predicted octanol–water partition coefficient (Wildman–Crippen LogP) is 3.06. The Morgan fingerprint density at radius 3 is 2.03 bits per heavy atom. The third-order valence-corrected chi connectivity index (χ3v) is 7.19. The molecule has 3 N–H and O–H groups in total. The lowest BCUT2D eigenvalue weighted by Gasteiger charge is -2.44. The average Bonchev–Trinajstić information content (AvgIpc) is 3.21. The van der Waals surface area contributed by atoms with Gasteiger partial charge in [-0.25, -0.2) is 0 Å². The summed E-state index contributed by atoms with van der Waals surface area (Å²) >= 11 is 0. The van der Waals surface area contributed by atoms with Gasteiger partial charge in [-0.2, -0.15) is 5.10 Å². The lowest BCUT2D eigenvalue weighted by Crippen LogP contribution is -2.56. The van der Waals surface area contributed by atoms with Gasteiger partial charge in [0.2, 0.25) is 11.8 Å². The smallest absolute Gasteiger partial charge is 0.235 e. The molecule has 0 aliphatic heterocycles. The Balaban J connectivity index is 1.80. The molecule has 1 fully saturated rings. The number of anilines is 2. The number of rotatable bonds is 7. The number of para-hydroxylation sites is 4. The van der Waals surface area contributed by atoms with Crippen molar-refractivity contribution in [2.24, 2.45) is 18.9 Å². The number of amides is 2. The van der Waals surface area contributed by atoms with Gasteiger partial charge in [0, 0.05) is 25.1 Å². The van der Waals surface area contributed by atoms with E-state index in [1.54, 1.807) is 73.4 Å². The summed E-state index contributed by atoms with van der Waals surface area (Å²) in [5.74, 6) is -4.18. The highest BCUT2D eigenvalue weighted by molar-refractivity contribution is 6.11. The van der Waals surface area contributed by atoms with Crippen molar-refractivity contribution in [3.63, 3.8) is 0 Å². The maximum atomic E-state index is 13.9. The summed E-state index contributed by atoms with van der Waals surface area (Å²) in [6.45, 7) is 3.24. The van der Waals surface area contributed by atoms with E-state index in [0.717, 1.165) is 0 Å². The van der Waals surface area contributed by atoms with Crippen LogP contribution in [0.2, 0.25) is 0 Å². The summed E-state index contributed by atoms with van der Waals surface area (Å²) < 4.78 is 12.3. The van der Waals surface area contributed by atoms with E-state index in [0.29, 0.717) is 34.1 Å². The number of aliphatic hydroxyl groups is 1. The van der Waals surface area contributed by atoms with Crippen LogP contribution in [0.25, 0.3) is 0 Å². The number of hydrogen-bond acceptors (Lipinski definition) is 7. The van der Waals surface area contributed by atoms with E-state index in [2.05, 4.69) is 15.7 Å². The van der Waals surface area contributed by atoms with Gasteiger partial charge in [0.15, 0.2) is 0 Å². The molecule has 10 nitrogen and oxygen atoms in total. The van der Waals surface area contributed by atoms with Crippen LogP contribution in [-0.4, -0.2) is 52.3 Å². The maximum absolute atomic E-state index is 13.9. The number of ketones is 1. The summed E-state index contributed by atoms with van der Waals surface area (Å²) in [5, 5.41) is 21.4. The molecule has 4 rings (SSSR count). The van der Waals surface area contributed by atoms with Gasteiger partial charge in [0.25, 0.3) is 0 Å². The number of aryl methyl sites for hydroxylation is 1. The van der Waals surface area contributed by atoms with Crippen molar-refractivity contribution >= 4 is 29.0 Å². The molecule has 1 heterocycles. The second kappa shape index (κ2) is 10.7. The molecule has 0 unspecified atom stereocenters. The maximum Gasteiger partial charge on any atom is 0.235 e. The fourth-order valence-electron chi connectivity index (χ4n) is 5.23. The lowest BCUT2D eigenvalue weighted by atomic mass is 9.61. The topological polar surface area (TPSA) is 132 Å². The van der Waals surface area contributed by atoms with E-state index >= 15 is 0 Å². The van der Waals surface area contributed by atoms with Crippen LogP contribution in [0.5, 0.6) is 11.5 Å². The zero-order valence-electron chi connectivity index (χ0n) is 22.0. The fraction of sp³-hybridized carbons (Fsp3) is 0.357. The van der Waals surface area contributed by atoms with Gasteiger partial charge in [0.05, 0.1) is 43.3 Å². The number of benzene rings is 2.